The highest BCUT2D eigenvalue weighted by atomic mass is 19.1. The Hall–Kier alpha value is -3.20. The number of nitro benzene ring substituents is 1. The minimum atomic E-state index is -0.547. The Morgan fingerprint density at radius 3 is 2.43 bits per heavy atom. The van der Waals surface area contributed by atoms with Gasteiger partial charge in [-0.3, -0.25) is 14.9 Å². The minimum Gasteiger partial charge on any atom is -0.495 e. The normalized spacial score (nSPS) is 12.8. The van der Waals surface area contributed by atoms with Crippen LogP contribution < -0.4 is 19.7 Å². The molecule has 0 heterocycles. The number of quaternary nitrogens is 1. The van der Waals surface area contributed by atoms with E-state index in [2.05, 4.69) is 5.32 Å². The predicted octanol–water partition coefficient (Wildman–Crippen LogP) is 1.79. The fourth-order valence-corrected chi connectivity index (χ4v) is 2.67. The van der Waals surface area contributed by atoms with E-state index in [0.717, 1.165) is 4.90 Å². The van der Waals surface area contributed by atoms with Crippen LogP contribution in [0.5, 0.6) is 11.5 Å². The van der Waals surface area contributed by atoms with Gasteiger partial charge in [0.1, 0.15) is 12.3 Å². The van der Waals surface area contributed by atoms with Crippen LogP contribution in [0.3, 0.4) is 0 Å². The quantitative estimate of drug-likeness (QED) is 0.528. The molecule has 150 valence electrons. The van der Waals surface area contributed by atoms with Gasteiger partial charge >= 0.3 is 0 Å². The number of anilines is 1. The van der Waals surface area contributed by atoms with Crippen molar-refractivity contribution < 1.29 is 28.5 Å². The van der Waals surface area contributed by atoms with E-state index in [1.807, 2.05) is 0 Å². The van der Waals surface area contributed by atoms with Gasteiger partial charge in [-0.05, 0) is 31.2 Å². The van der Waals surface area contributed by atoms with Crippen molar-refractivity contribution in [3.05, 3.63) is 57.9 Å². The summed E-state index contributed by atoms with van der Waals surface area (Å²) in [5.41, 5.74) is 0.776. The summed E-state index contributed by atoms with van der Waals surface area (Å²) < 4.78 is 23.9. The zero-order chi connectivity index (χ0) is 20.8. The molecule has 0 bridgehead atoms. The highest BCUT2D eigenvalue weighted by molar-refractivity contribution is 5.95. The predicted molar refractivity (Wildman–Crippen MR) is 101 cm³/mol. The Morgan fingerprint density at radius 2 is 1.86 bits per heavy atom. The summed E-state index contributed by atoms with van der Waals surface area (Å²) >= 11 is 0. The maximum Gasteiger partial charge on any atom is 0.282 e. The lowest BCUT2D eigenvalue weighted by Crippen LogP contribution is -3.12. The summed E-state index contributed by atoms with van der Waals surface area (Å²) in [4.78, 5) is 23.8. The summed E-state index contributed by atoms with van der Waals surface area (Å²) in [7, 11) is 4.61. The lowest BCUT2D eigenvalue weighted by atomic mass is 10.1. The summed E-state index contributed by atoms with van der Waals surface area (Å²) in [5.74, 6) is -0.331. The average Bonchev–Trinajstić information content (AvgIpc) is 2.67. The van der Waals surface area contributed by atoms with Gasteiger partial charge in [-0.1, -0.05) is 0 Å². The number of nitrogens with one attached hydrogen (secondary N) is 2. The Bertz CT molecular complexity index is 875. The highest BCUT2D eigenvalue weighted by Crippen LogP contribution is 2.28. The van der Waals surface area contributed by atoms with Crippen molar-refractivity contribution in [2.45, 2.75) is 19.5 Å². The van der Waals surface area contributed by atoms with Crippen molar-refractivity contribution in [2.75, 3.05) is 26.6 Å². The molecule has 0 aliphatic heterocycles. The number of likely N-dealkylation sites (N-methyl/N-ethyl adjacent to an activating group) is 1. The van der Waals surface area contributed by atoms with Gasteiger partial charge in [0.15, 0.2) is 17.6 Å². The van der Waals surface area contributed by atoms with Crippen molar-refractivity contribution in [1.29, 1.82) is 0 Å². The summed E-state index contributed by atoms with van der Waals surface area (Å²) in [6.07, 6.45) is 0. The summed E-state index contributed by atoms with van der Waals surface area (Å²) in [5, 5.41) is 13.6. The maximum atomic E-state index is 13.9. The van der Waals surface area contributed by atoms with Gasteiger partial charge in [-0.2, -0.15) is 0 Å². The SMILES string of the molecule is COc1ccc(C[NH+](C)[C@@H](C)C(=O)Nc2cc([N+](=O)[O-])ccc2OC)cc1F. The second-order valence-corrected chi connectivity index (χ2v) is 6.34. The Labute approximate surface area is 162 Å². The molecule has 9 heteroatoms. The monoisotopic (exact) mass is 392 g/mol. The molecule has 28 heavy (non-hydrogen) atoms. The van der Waals surface area contributed by atoms with Crippen molar-refractivity contribution in [2.24, 2.45) is 0 Å². The van der Waals surface area contributed by atoms with E-state index in [0.29, 0.717) is 17.9 Å². The van der Waals surface area contributed by atoms with E-state index < -0.39 is 16.8 Å². The number of hydrogen-bond donors (Lipinski definition) is 2. The second kappa shape index (κ2) is 9.14. The second-order valence-electron chi connectivity index (χ2n) is 6.34. The van der Waals surface area contributed by atoms with E-state index in [1.54, 1.807) is 20.0 Å². The third-order valence-electron chi connectivity index (χ3n) is 4.48. The minimum absolute atomic E-state index is 0.154. The number of hydrogen-bond acceptors (Lipinski definition) is 5. The number of rotatable bonds is 8. The highest BCUT2D eigenvalue weighted by Gasteiger charge is 2.24. The van der Waals surface area contributed by atoms with Gasteiger partial charge < -0.3 is 19.7 Å². The molecule has 0 saturated heterocycles. The molecular formula is C19H23FN3O5+. The van der Waals surface area contributed by atoms with Crippen LogP contribution in [0.25, 0.3) is 0 Å². The molecule has 0 saturated carbocycles. The van der Waals surface area contributed by atoms with Crippen LogP contribution in [0, 0.1) is 15.9 Å². The zero-order valence-electron chi connectivity index (χ0n) is 16.1. The van der Waals surface area contributed by atoms with E-state index in [9.17, 15) is 19.3 Å². The van der Waals surface area contributed by atoms with Gasteiger partial charge in [0, 0.05) is 17.7 Å². The van der Waals surface area contributed by atoms with E-state index >= 15 is 0 Å². The number of halogens is 1. The molecule has 0 aliphatic rings. The molecule has 1 amide bonds. The van der Waals surface area contributed by atoms with Gasteiger partial charge in [0.05, 0.1) is 31.9 Å². The fourth-order valence-electron chi connectivity index (χ4n) is 2.67. The van der Waals surface area contributed by atoms with Crippen molar-refractivity contribution >= 4 is 17.3 Å². The van der Waals surface area contributed by atoms with Crippen molar-refractivity contribution in [3.8, 4) is 11.5 Å². The summed E-state index contributed by atoms with van der Waals surface area (Å²) in [6, 6.07) is 8.11. The topological polar surface area (TPSA) is 95.1 Å². The molecule has 0 aromatic heterocycles. The molecule has 8 nitrogen and oxygen atoms in total. The Kier molecular flexibility index (Phi) is 6.89. The maximum absolute atomic E-state index is 13.9. The fraction of sp³-hybridized carbons (Fsp3) is 0.316. The first-order valence-corrected chi connectivity index (χ1v) is 8.54. The zero-order valence-corrected chi connectivity index (χ0v) is 16.1. The number of non-ortho nitro benzene ring substituents is 1. The van der Waals surface area contributed by atoms with Gasteiger partial charge in [0.25, 0.3) is 11.6 Å². The Balaban J connectivity index is 2.10. The molecule has 0 fully saturated rings. The third kappa shape index (κ3) is 4.95. The van der Waals surface area contributed by atoms with Gasteiger partial charge in [-0.25, -0.2) is 4.39 Å². The number of benzene rings is 2. The molecule has 2 aromatic rings. The number of amides is 1. The van der Waals surface area contributed by atoms with E-state index in [-0.39, 0.29) is 23.0 Å². The lowest BCUT2D eigenvalue weighted by molar-refractivity contribution is -0.907. The summed E-state index contributed by atoms with van der Waals surface area (Å²) in [6.45, 7) is 2.12. The van der Waals surface area contributed by atoms with Crippen molar-refractivity contribution in [3.63, 3.8) is 0 Å². The molecule has 0 aliphatic carbocycles. The van der Waals surface area contributed by atoms with Crippen LogP contribution in [0.2, 0.25) is 0 Å². The molecule has 1 unspecified atom stereocenters. The number of nitro groups is 1. The number of carbonyl (C=O) groups excluding carboxylic acids is 1. The smallest absolute Gasteiger partial charge is 0.282 e. The van der Waals surface area contributed by atoms with Crippen LogP contribution >= 0.6 is 0 Å². The van der Waals surface area contributed by atoms with Crippen LogP contribution in [0.15, 0.2) is 36.4 Å². The Morgan fingerprint density at radius 1 is 1.21 bits per heavy atom. The number of methoxy groups -OCH3 is 2. The molecule has 2 N–H and O–H groups in total. The van der Waals surface area contributed by atoms with E-state index in [1.165, 1.54) is 44.6 Å². The lowest BCUT2D eigenvalue weighted by Gasteiger charge is -2.21. The van der Waals surface area contributed by atoms with E-state index in [4.69, 9.17) is 9.47 Å². The van der Waals surface area contributed by atoms with Crippen LogP contribution in [0.4, 0.5) is 15.8 Å². The molecule has 0 spiro atoms. The number of carbonyl (C=O) groups is 1. The van der Waals surface area contributed by atoms with Crippen LogP contribution in [-0.2, 0) is 11.3 Å². The molecule has 2 atom stereocenters. The number of nitrogens with zero attached hydrogens (tertiary/aromatic N) is 1. The first kappa shape index (κ1) is 21.1. The molecule has 2 aromatic carbocycles. The standard InChI is InChI=1S/C19H22FN3O5/c1-12(22(2)11-13-5-7-17(27-3)15(20)9-13)19(24)21-16-10-14(23(25)26)6-8-18(16)28-4/h5-10,12H,11H2,1-4H3,(H,21,24)/p+1/t12-/m0/s1. The molecular weight excluding hydrogens is 369 g/mol. The molecule has 0 radical (unpaired) electrons. The molecule has 2 rings (SSSR count). The van der Waals surface area contributed by atoms with Gasteiger partial charge in [0.2, 0.25) is 0 Å². The van der Waals surface area contributed by atoms with Gasteiger partial charge in [-0.15, -0.1) is 0 Å². The van der Waals surface area contributed by atoms with Crippen LogP contribution in [0.1, 0.15) is 12.5 Å². The average molecular weight is 392 g/mol. The van der Waals surface area contributed by atoms with Crippen LogP contribution in [-0.4, -0.2) is 38.1 Å². The first-order valence-electron chi connectivity index (χ1n) is 8.54. The van der Waals surface area contributed by atoms with Crippen molar-refractivity contribution in [1.82, 2.24) is 0 Å². The third-order valence-corrected chi connectivity index (χ3v) is 4.48. The number of ether oxygens (including phenoxy) is 2. The largest absolute Gasteiger partial charge is 0.495 e. The first-order chi connectivity index (χ1) is 13.3.